The van der Waals surface area contributed by atoms with Gasteiger partial charge in [-0.3, -0.25) is 9.69 Å². The van der Waals surface area contributed by atoms with Gasteiger partial charge < -0.3 is 10.4 Å². The molecule has 1 aliphatic carbocycles. The Bertz CT molecular complexity index is 506. The number of carboxylic acids is 1. The molecule has 0 unspecified atom stereocenters. The molecule has 2 rings (SSSR count). The van der Waals surface area contributed by atoms with E-state index in [1.54, 1.807) is 0 Å². The van der Waals surface area contributed by atoms with E-state index >= 15 is 0 Å². The van der Waals surface area contributed by atoms with Gasteiger partial charge in [0, 0.05) is 28.1 Å². The normalized spacial score (nSPS) is 21.3. The fourth-order valence-electron chi connectivity index (χ4n) is 2.64. The molecule has 0 saturated heterocycles. The second kappa shape index (κ2) is 7.58. The molecule has 2 N–H and O–H groups in total. The van der Waals surface area contributed by atoms with Crippen LogP contribution < -0.4 is 5.32 Å². The first-order valence-electron chi connectivity index (χ1n) is 7.12. The van der Waals surface area contributed by atoms with Crippen molar-refractivity contribution in [3.05, 3.63) is 33.3 Å². The second-order valence-electron chi connectivity index (χ2n) is 5.40. The average molecular weight is 376 g/mol. The molecule has 6 heteroatoms. The molecule has 0 aliphatic heterocycles. The Balaban J connectivity index is 1.76. The number of nitrogens with zero attached hydrogens (tertiary/aromatic N) is 1. The first-order chi connectivity index (χ1) is 9.99. The van der Waals surface area contributed by atoms with Gasteiger partial charge in [0.05, 0.1) is 6.54 Å². The van der Waals surface area contributed by atoms with Crippen molar-refractivity contribution in [2.75, 3.05) is 13.1 Å². The monoisotopic (exact) mass is 374 g/mol. The van der Waals surface area contributed by atoms with Crippen LogP contribution in [0.3, 0.4) is 0 Å². The van der Waals surface area contributed by atoms with Gasteiger partial charge in [0.15, 0.2) is 0 Å². The van der Waals surface area contributed by atoms with E-state index in [1.807, 2.05) is 30.0 Å². The predicted octanol–water partition coefficient (Wildman–Crippen LogP) is 3.13. The van der Waals surface area contributed by atoms with Crippen molar-refractivity contribution in [1.82, 2.24) is 10.2 Å². The molecule has 1 fully saturated rings. The largest absolute Gasteiger partial charge is 0.480 e. The molecule has 0 aromatic heterocycles. The number of nitrogens with one attached hydrogen (secondary N) is 1. The number of aliphatic carboxylic acids is 1. The van der Waals surface area contributed by atoms with Crippen molar-refractivity contribution in [2.45, 2.75) is 38.4 Å². The minimum atomic E-state index is -0.755. The van der Waals surface area contributed by atoms with Gasteiger partial charge >= 0.3 is 5.97 Å². The van der Waals surface area contributed by atoms with Gasteiger partial charge in [-0.2, -0.15) is 0 Å². The summed E-state index contributed by atoms with van der Waals surface area (Å²) in [5.41, 5.74) is 1.08. The van der Waals surface area contributed by atoms with Crippen LogP contribution in [-0.2, 0) is 11.3 Å². The van der Waals surface area contributed by atoms with Gasteiger partial charge in [0.2, 0.25) is 0 Å². The summed E-state index contributed by atoms with van der Waals surface area (Å²) >= 11 is 9.58. The molecule has 1 aromatic rings. The van der Waals surface area contributed by atoms with Crippen molar-refractivity contribution < 1.29 is 9.90 Å². The number of benzene rings is 1. The Hall–Kier alpha value is -0.620. The van der Waals surface area contributed by atoms with Crippen LogP contribution in [0.4, 0.5) is 0 Å². The summed E-state index contributed by atoms with van der Waals surface area (Å²) < 4.78 is 0.979. The van der Waals surface area contributed by atoms with Gasteiger partial charge in [-0.05, 0) is 37.1 Å². The predicted molar refractivity (Wildman–Crippen MR) is 87.7 cm³/mol. The van der Waals surface area contributed by atoms with Crippen LogP contribution in [0.15, 0.2) is 22.7 Å². The maximum Gasteiger partial charge on any atom is 0.317 e. The second-order valence-corrected chi connectivity index (χ2v) is 6.72. The molecule has 1 saturated carbocycles. The molecule has 4 nitrogen and oxygen atoms in total. The molecule has 116 valence electrons. The van der Waals surface area contributed by atoms with Gasteiger partial charge in [0.1, 0.15) is 0 Å². The lowest BCUT2D eigenvalue weighted by molar-refractivity contribution is -0.139. The summed E-state index contributed by atoms with van der Waals surface area (Å²) in [6, 6.07) is 6.71. The van der Waals surface area contributed by atoms with E-state index in [2.05, 4.69) is 21.2 Å². The minimum Gasteiger partial charge on any atom is -0.480 e. The van der Waals surface area contributed by atoms with Crippen molar-refractivity contribution in [1.29, 1.82) is 0 Å². The number of halogens is 2. The zero-order valence-corrected chi connectivity index (χ0v) is 14.3. The van der Waals surface area contributed by atoms with Crippen molar-refractivity contribution in [3.63, 3.8) is 0 Å². The number of hydrogen-bond donors (Lipinski definition) is 2. The van der Waals surface area contributed by atoms with Crippen LogP contribution in [0, 0.1) is 0 Å². The SMILES string of the molecule is CCN(CC(=O)O)C1CC(NCc2ccc(Br)cc2Cl)C1. The van der Waals surface area contributed by atoms with Crippen LogP contribution in [0.5, 0.6) is 0 Å². The number of rotatable bonds is 7. The molecule has 0 bridgehead atoms. The third-order valence-corrected chi connectivity index (χ3v) is 4.82. The van der Waals surface area contributed by atoms with E-state index in [0.29, 0.717) is 12.1 Å². The molecular weight excluding hydrogens is 356 g/mol. The maximum absolute atomic E-state index is 10.8. The summed E-state index contributed by atoms with van der Waals surface area (Å²) in [6.07, 6.45) is 1.99. The summed E-state index contributed by atoms with van der Waals surface area (Å²) in [5, 5.41) is 13.1. The third kappa shape index (κ3) is 4.68. The average Bonchev–Trinajstić information content (AvgIpc) is 2.37. The van der Waals surface area contributed by atoms with Crippen LogP contribution in [-0.4, -0.2) is 41.1 Å². The van der Waals surface area contributed by atoms with Gasteiger partial charge in [-0.25, -0.2) is 0 Å². The fourth-order valence-corrected chi connectivity index (χ4v) is 3.39. The molecule has 0 amide bonds. The Morgan fingerprint density at radius 2 is 2.24 bits per heavy atom. The highest BCUT2D eigenvalue weighted by Crippen LogP contribution is 2.27. The van der Waals surface area contributed by atoms with E-state index in [1.165, 1.54) is 0 Å². The quantitative estimate of drug-likeness (QED) is 0.769. The van der Waals surface area contributed by atoms with Crippen molar-refractivity contribution in [2.24, 2.45) is 0 Å². The van der Waals surface area contributed by atoms with Gasteiger partial charge in [-0.15, -0.1) is 0 Å². The number of carboxylic acid groups (broad SMARTS) is 1. The van der Waals surface area contributed by atoms with E-state index in [0.717, 1.165) is 41.0 Å². The van der Waals surface area contributed by atoms with E-state index < -0.39 is 5.97 Å². The number of carbonyl (C=O) groups is 1. The number of hydrogen-bond acceptors (Lipinski definition) is 3. The van der Waals surface area contributed by atoms with Gasteiger partial charge in [-0.1, -0.05) is 40.5 Å². The first kappa shape index (κ1) is 16.7. The van der Waals surface area contributed by atoms with Crippen molar-refractivity contribution in [3.8, 4) is 0 Å². The molecule has 0 heterocycles. The summed E-state index contributed by atoms with van der Waals surface area (Å²) in [7, 11) is 0. The first-order valence-corrected chi connectivity index (χ1v) is 8.29. The smallest absolute Gasteiger partial charge is 0.317 e. The molecule has 0 atom stereocenters. The van der Waals surface area contributed by atoms with Crippen LogP contribution in [0.2, 0.25) is 5.02 Å². The Labute approximate surface area is 138 Å². The lowest BCUT2D eigenvalue weighted by atomic mass is 9.85. The molecule has 1 aromatic carbocycles. The zero-order chi connectivity index (χ0) is 15.4. The highest BCUT2D eigenvalue weighted by atomic mass is 79.9. The zero-order valence-electron chi connectivity index (χ0n) is 12.0. The Morgan fingerprint density at radius 1 is 1.52 bits per heavy atom. The molecule has 0 radical (unpaired) electrons. The van der Waals surface area contributed by atoms with Gasteiger partial charge in [0.25, 0.3) is 0 Å². The van der Waals surface area contributed by atoms with Crippen LogP contribution >= 0.6 is 27.5 Å². The lowest BCUT2D eigenvalue weighted by Gasteiger charge is -2.42. The Morgan fingerprint density at radius 3 is 2.81 bits per heavy atom. The minimum absolute atomic E-state index is 0.131. The van der Waals surface area contributed by atoms with Crippen LogP contribution in [0.25, 0.3) is 0 Å². The molecule has 21 heavy (non-hydrogen) atoms. The number of likely N-dealkylation sites (N-methyl/N-ethyl adjacent to an activating group) is 1. The molecule has 1 aliphatic rings. The third-order valence-electron chi connectivity index (χ3n) is 3.97. The van der Waals surface area contributed by atoms with Crippen LogP contribution in [0.1, 0.15) is 25.3 Å². The highest BCUT2D eigenvalue weighted by Gasteiger charge is 2.33. The molecule has 0 spiro atoms. The molecular formula is C15H20BrClN2O2. The maximum atomic E-state index is 10.8. The van der Waals surface area contributed by atoms with E-state index in [-0.39, 0.29) is 6.54 Å². The fraction of sp³-hybridized carbons (Fsp3) is 0.533. The summed E-state index contributed by atoms with van der Waals surface area (Å²) in [4.78, 5) is 12.8. The highest BCUT2D eigenvalue weighted by molar-refractivity contribution is 9.10. The standard InChI is InChI=1S/C15H20BrClN2O2/c1-2-19(9-15(20)21)13-6-12(7-13)18-8-10-3-4-11(16)5-14(10)17/h3-5,12-13,18H,2,6-9H2,1H3,(H,20,21). The van der Waals surface area contributed by atoms with Crippen molar-refractivity contribution >= 4 is 33.5 Å². The van der Waals surface area contributed by atoms with E-state index in [4.69, 9.17) is 16.7 Å². The summed E-state index contributed by atoms with van der Waals surface area (Å²) in [5.74, 6) is -0.755. The van der Waals surface area contributed by atoms with E-state index in [9.17, 15) is 4.79 Å². The Kier molecular flexibility index (Phi) is 6.05. The topological polar surface area (TPSA) is 52.6 Å². The lowest BCUT2D eigenvalue weighted by Crippen LogP contribution is -2.53. The summed E-state index contributed by atoms with van der Waals surface area (Å²) in [6.45, 7) is 3.66.